The van der Waals surface area contributed by atoms with Gasteiger partial charge in [0.25, 0.3) is 5.91 Å². The molecule has 31 heavy (non-hydrogen) atoms. The zero-order valence-corrected chi connectivity index (χ0v) is 17.1. The third-order valence-corrected chi connectivity index (χ3v) is 4.89. The number of nitrogens with one attached hydrogen (secondary N) is 1. The first-order chi connectivity index (χ1) is 15.2. The second-order valence-electron chi connectivity index (χ2n) is 6.90. The van der Waals surface area contributed by atoms with E-state index in [9.17, 15) is 4.79 Å². The molecular formula is C26H22N2O3. The molecule has 0 aliphatic rings. The van der Waals surface area contributed by atoms with Gasteiger partial charge in [-0.2, -0.15) is 5.10 Å². The molecule has 0 saturated heterocycles. The van der Waals surface area contributed by atoms with Gasteiger partial charge in [-0.1, -0.05) is 54.6 Å². The van der Waals surface area contributed by atoms with Crippen molar-refractivity contribution in [3.8, 4) is 11.5 Å². The number of carbonyl (C=O) groups excluding carboxylic acids is 1. The van der Waals surface area contributed by atoms with E-state index in [-0.39, 0.29) is 5.91 Å². The van der Waals surface area contributed by atoms with Gasteiger partial charge in [0, 0.05) is 0 Å². The second kappa shape index (κ2) is 9.59. The van der Waals surface area contributed by atoms with Crippen molar-refractivity contribution in [1.82, 2.24) is 5.43 Å². The average molecular weight is 410 g/mol. The Bertz CT molecular complexity index is 1210. The van der Waals surface area contributed by atoms with E-state index in [1.165, 1.54) is 17.9 Å². The number of carbonyl (C=O) groups is 1. The monoisotopic (exact) mass is 410 g/mol. The number of fused-ring (bicyclic) bond motifs is 1. The van der Waals surface area contributed by atoms with Crippen LogP contribution in [0.1, 0.15) is 21.5 Å². The summed E-state index contributed by atoms with van der Waals surface area (Å²) in [7, 11) is 1.53. The molecule has 0 bridgehead atoms. The minimum Gasteiger partial charge on any atom is -0.496 e. The summed E-state index contributed by atoms with van der Waals surface area (Å²) in [5, 5.41) is 6.42. The highest BCUT2D eigenvalue weighted by Crippen LogP contribution is 2.21. The van der Waals surface area contributed by atoms with Crippen molar-refractivity contribution >= 4 is 22.9 Å². The molecule has 4 rings (SSSR count). The molecular weight excluding hydrogens is 388 g/mol. The molecule has 5 nitrogen and oxygen atoms in total. The highest BCUT2D eigenvalue weighted by Gasteiger charge is 2.10. The third kappa shape index (κ3) is 4.90. The molecule has 0 fully saturated rings. The molecule has 4 aromatic rings. The average Bonchev–Trinajstić information content (AvgIpc) is 2.83. The Morgan fingerprint density at radius 3 is 2.48 bits per heavy atom. The number of hydrogen-bond donors (Lipinski definition) is 1. The van der Waals surface area contributed by atoms with Crippen LogP contribution in [0, 0.1) is 0 Å². The summed E-state index contributed by atoms with van der Waals surface area (Å²) in [6, 6.07) is 29.0. The lowest BCUT2D eigenvalue weighted by atomic mass is 10.1. The molecule has 154 valence electrons. The standard InChI is InChI=1S/C26H22N2O3/c1-30-25-12-5-4-11-24(25)26(29)28-27-17-19-13-15-22(16-14-19)31-18-21-9-6-8-20-7-2-3-10-23(20)21/h2-17H,18H2,1H3,(H,28,29)/b27-17+. The van der Waals surface area contributed by atoms with Crippen LogP contribution in [0.3, 0.4) is 0 Å². The van der Waals surface area contributed by atoms with E-state index < -0.39 is 0 Å². The van der Waals surface area contributed by atoms with Crippen molar-refractivity contribution in [3.63, 3.8) is 0 Å². The highest BCUT2D eigenvalue weighted by molar-refractivity contribution is 5.97. The van der Waals surface area contributed by atoms with Gasteiger partial charge in [0.1, 0.15) is 18.1 Å². The number of hydrazone groups is 1. The summed E-state index contributed by atoms with van der Waals surface area (Å²) >= 11 is 0. The number of hydrogen-bond acceptors (Lipinski definition) is 4. The van der Waals surface area contributed by atoms with E-state index in [2.05, 4.69) is 34.8 Å². The molecule has 0 atom stereocenters. The van der Waals surface area contributed by atoms with Gasteiger partial charge in [-0.3, -0.25) is 4.79 Å². The van der Waals surface area contributed by atoms with Gasteiger partial charge >= 0.3 is 0 Å². The van der Waals surface area contributed by atoms with Crippen molar-refractivity contribution in [2.75, 3.05) is 7.11 Å². The molecule has 0 aliphatic carbocycles. The van der Waals surface area contributed by atoms with Crippen molar-refractivity contribution < 1.29 is 14.3 Å². The van der Waals surface area contributed by atoms with Crippen molar-refractivity contribution in [2.24, 2.45) is 5.10 Å². The van der Waals surface area contributed by atoms with E-state index in [1.54, 1.807) is 24.4 Å². The van der Waals surface area contributed by atoms with Crippen LogP contribution in [0.5, 0.6) is 11.5 Å². The first-order valence-corrected chi connectivity index (χ1v) is 9.90. The fourth-order valence-corrected chi connectivity index (χ4v) is 3.29. The van der Waals surface area contributed by atoms with Crippen LogP contribution in [-0.4, -0.2) is 19.2 Å². The van der Waals surface area contributed by atoms with Gasteiger partial charge in [-0.15, -0.1) is 0 Å². The summed E-state index contributed by atoms with van der Waals surface area (Å²) < 4.78 is 11.1. The van der Waals surface area contributed by atoms with Gasteiger partial charge in [-0.05, 0) is 58.3 Å². The molecule has 0 aliphatic heterocycles. The number of ether oxygens (including phenoxy) is 2. The number of amides is 1. The van der Waals surface area contributed by atoms with Gasteiger partial charge in [0.15, 0.2) is 0 Å². The molecule has 0 spiro atoms. The number of para-hydroxylation sites is 1. The largest absolute Gasteiger partial charge is 0.496 e. The van der Waals surface area contributed by atoms with Gasteiger partial charge in [0.2, 0.25) is 0 Å². The molecule has 4 aromatic carbocycles. The Balaban J connectivity index is 1.35. The number of methoxy groups -OCH3 is 1. The Hall–Kier alpha value is -4.12. The molecule has 0 saturated carbocycles. The summed E-state index contributed by atoms with van der Waals surface area (Å²) in [5.41, 5.74) is 4.94. The Labute approximate surface area is 180 Å². The Morgan fingerprint density at radius 2 is 1.65 bits per heavy atom. The van der Waals surface area contributed by atoms with Crippen LogP contribution < -0.4 is 14.9 Å². The minimum absolute atomic E-state index is 0.330. The Morgan fingerprint density at radius 1 is 0.903 bits per heavy atom. The van der Waals surface area contributed by atoms with E-state index in [0.717, 1.165) is 16.9 Å². The van der Waals surface area contributed by atoms with Crippen LogP contribution in [0.2, 0.25) is 0 Å². The molecule has 5 heteroatoms. The number of nitrogens with zero attached hydrogens (tertiary/aromatic N) is 1. The van der Waals surface area contributed by atoms with Crippen LogP contribution in [0.25, 0.3) is 10.8 Å². The van der Waals surface area contributed by atoms with E-state index >= 15 is 0 Å². The third-order valence-electron chi connectivity index (χ3n) is 4.89. The van der Waals surface area contributed by atoms with Crippen LogP contribution >= 0.6 is 0 Å². The molecule has 0 aromatic heterocycles. The van der Waals surface area contributed by atoms with Crippen LogP contribution in [0.4, 0.5) is 0 Å². The van der Waals surface area contributed by atoms with E-state index in [1.807, 2.05) is 48.5 Å². The Kier molecular flexibility index (Phi) is 6.24. The zero-order chi connectivity index (χ0) is 21.5. The SMILES string of the molecule is COc1ccccc1C(=O)N/N=C/c1ccc(OCc2cccc3ccccc23)cc1. The maximum Gasteiger partial charge on any atom is 0.275 e. The molecule has 0 radical (unpaired) electrons. The highest BCUT2D eigenvalue weighted by atomic mass is 16.5. The van der Waals surface area contributed by atoms with Crippen LogP contribution in [-0.2, 0) is 6.61 Å². The topological polar surface area (TPSA) is 59.9 Å². The summed E-state index contributed by atoms with van der Waals surface area (Å²) in [6.07, 6.45) is 1.59. The summed E-state index contributed by atoms with van der Waals surface area (Å²) in [5.74, 6) is 0.940. The predicted molar refractivity (Wildman–Crippen MR) is 123 cm³/mol. The van der Waals surface area contributed by atoms with Crippen LogP contribution in [0.15, 0.2) is 96.1 Å². The molecule has 0 heterocycles. The quantitative estimate of drug-likeness (QED) is 0.337. The lowest BCUT2D eigenvalue weighted by Gasteiger charge is -2.09. The van der Waals surface area contributed by atoms with Crippen molar-refractivity contribution in [1.29, 1.82) is 0 Å². The number of rotatable bonds is 7. The van der Waals surface area contributed by atoms with Gasteiger partial charge in [0.05, 0.1) is 18.9 Å². The molecule has 1 N–H and O–H groups in total. The van der Waals surface area contributed by atoms with Gasteiger partial charge < -0.3 is 9.47 Å². The summed E-state index contributed by atoms with van der Waals surface area (Å²) in [4.78, 5) is 12.3. The smallest absolute Gasteiger partial charge is 0.275 e. The lowest BCUT2D eigenvalue weighted by molar-refractivity contribution is 0.0952. The first-order valence-electron chi connectivity index (χ1n) is 9.90. The fourth-order valence-electron chi connectivity index (χ4n) is 3.29. The maximum absolute atomic E-state index is 12.3. The first kappa shape index (κ1) is 20.2. The predicted octanol–water partition coefficient (Wildman–Crippen LogP) is 5.19. The second-order valence-corrected chi connectivity index (χ2v) is 6.90. The normalized spacial score (nSPS) is 10.9. The van der Waals surface area contributed by atoms with E-state index in [0.29, 0.717) is 17.9 Å². The molecule has 0 unspecified atom stereocenters. The van der Waals surface area contributed by atoms with Gasteiger partial charge in [-0.25, -0.2) is 5.43 Å². The summed E-state index contributed by atoms with van der Waals surface area (Å²) in [6.45, 7) is 0.490. The fraction of sp³-hybridized carbons (Fsp3) is 0.0769. The number of benzene rings is 4. The maximum atomic E-state index is 12.3. The van der Waals surface area contributed by atoms with Crippen molar-refractivity contribution in [2.45, 2.75) is 6.61 Å². The zero-order valence-electron chi connectivity index (χ0n) is 17.1. The minimum atomic E-state index is -0.330. The molecule has 1 amide bonds. The van der Waals surface area contributed by atoms with E-state index in [4.69, 9.17) is 9.47 Å². The lowest BCUT2D eigenvalue weighted by Crippen LogP contribution is -2.18. The van der Waals surface area contributed by atoms with Crippen molar-refractivity contribution in [3.05, 3.63) is 108 Å².